The van der Waals surface area contributed by atoms with Gasteiger partial charge in [0.15, 0.2) is 0 Å². The molecule has 1 heterocycles. The molecule has 1 N–H and O–H groups in total. The summed E-state index contributed by atoms with van der Waals surface area (Å²) in [6.45, 7) is 0. The van der Waals surface area contributed by atoms with E-state index >= 15 is 0 Å². The highest BCUT2D eigenvalue weighted by Gasteiger charge is 2.19. The molecule has 24 heavy (non-hydrogen) atoms. The van der Waals surface area contributed by atoms with Crippen molar-refractivity contribution < 1.29 is 12.8 Å². The fraction of sp³-hybridized carbons (Fsp3) is 0.222. The predicted molar refractivity (Wildman–Crippen MR) is 95.1 cm³/mol. The average molecular weight is 362 g/mol. The fourth-order valence-corrected chi connectivity index (χ4v) is 4.33. The highest BCUT2D eigenvalue weighted by Crippen LogP contribution is 2.33. The number of furan rings is 1. The largest absolute Gasteiger partial charge is 0.461 e. The van der Waals surface area contributed by atoms with Crippen LogP contribution in [0.15, 0.2) is 51.8 Å². The Bertz CT molecular complexity index is 1010. The van der Waals surface area contributed by atoms with E-state index in [1.54, 1.807) is 18.2 Å². The number of hydrogen-bond donors (Lipinski definition) is 1. The Kier molecular flexibility index (Phi) is 3.77. The van der Waals surface area contributed by atoms with E-state index in [0.717, 1.165) is 42.4 Å². The lowest BCUT2D eigenvalue weighted by Crippen LogP contribution is -2.12. The van der Waals surface area contributed by atoms with E-state index in [9.17, 15) is 8.42 Å². The summed E-state index contributed by atoms with van der Waals surface area (Å²) in [6.07, 6.45) is 4.22. The number of fused-ring (bicyclic) bond motifs is 3. The molecule has 0 bridgehead atoms. The molecule has 6 heteroatoms. The number of sulfonamides is 1. The zero-order valence-corrected chi connectivity index (χ0v) is 14.5. The van der Waals surface area contributed by atoms with Crippen LogP contribution in [0.2, 0.25) is 5.02 Å². The monoisotopic (exact) mass is 361 g/mol. The maximum Gasteiger partial charge on any atom is 0.261 e. The Morgan fingerprint density at radius 1 is 1.00 bits per heavy atom. The Balaban J connectivity index is 1.70. The minimum absolute atomic E-state index is 0.182. The van der Waals surface area contributed by atoms with Gasteiger partial charge in [0.1, 0.15) is 11.3 Å². The van der Waals surface area contributed by atoms with E-state index in [4.69, 9.17) is 16.0 Å². The zero-order valence-electron chi connectivity index (χ0n) is 12.9. The third-order valence-electron chi connectivity index (χ3n) is 4.33. The number of hydrogen-bond acceptors (Lipinski definition) is 3. The van der Waals surface area contributed by atoms with Gasteiger partial charge in [-0.15, -0.1) is 0 Å². The molecule has 1 aliphatic rings. The number of nitrogens with one attached hydrogen (secondary N) is 1. The smallest absolute Gasteiger partial charge is 0.261 e. The highest BCUT2D eigenvalue weighted by molar-refractivity contribution is 7.92. The minimum Gasteiger partial charge on any atom is -0.461 e. The minimum atomic E-state index is -3.64. The van der Waals surface area contributed by atoms with Gasteiger partial charge < -0.3 is 4.42 Å². The summed E-state index contributed by atoms with van der Waals surface area (Å²) in [6, 6.07) is 11.5. The van der Waals surface area contributed by atoms with Crippen molar-refractivity contribution in [2.45, 2.75) is 30.6 Å². The summed E-state index contributed by atoms with van der Waals surface area (Å²) in [4.78, 5) is 0.182. The van der Waals surface area contributed by atoms with Crippen molar-refractivity contribution in [3.63, 3.8) is 0 Å². The highest BCUT2D eigenvalue weighted by atomic mass is 35.5. The fourth-order valence-electron chi connectivity index (χ4n) is 3.15. The molecule has 0 saturated heterocycles. The van der Waals surface area contributed by atoms with Crippen LogP contribution in [0, 0.1) is 0 Å². The molecule has 1 aliphatic carbocycles. The van der Waals surface area contributed by atoms with E-state index in [2.05, 4.69) is 4.72 Å². The maximum absolute atomic E-state index is 12.5. The van der Waals surface area contributed by atoms with Crippen molar-refractivity contribution >= 4 is 38.3 Å². The van der Waals surface area contributed by atoms with E-state index < -0.39 is 10.0 Å². The quantitative estimate of drug-likeness (QED) is 0.731. The molecule has 4 rings (SSSR count). The number of halogens is 1. The van der Waals surface area contributed by atoms with Crippen LogP contribution >= 0.6 is 11.6 Å². The Labute approximate surface area is 145 Å². The Hall–Kier alpha value is -1.98. The summed E-state index contributed by atoms with van der Waals surface area (Å²) in [5, 5.41) is 1.50. The van der Waals surface area contributed by atoms with Crippen molar-refractivity contribution in [1.82, 2.24) is 0 Å². The SMILES string of the molecule is O=S(=O)(Nc1ccc2oc3c(c2c1)CCCC3)c1ccc(Cl)cc1. The molecule has 0 saturated carbocycles. The molecule has 0 unspecified atom stereocenters. The molecule has 0 atom stereocenters. The molecular weight excluding hydrogens is 346 g/mol. The van der Waals surface area contributed by atoms with Crippen LogP contribution < -0.4 is 4.72 Å². The lowest BCUT2D eigenvalue weighted by molar-refractivity contribution is 0.506. The third-order valence-corrected chi connectivity index (χ3v) is 5.98. The van der Waals surface area contributed by atoms with Crippen LogP contribution in [0.25, 0.3) is 11.0 Å². The average Bonchev–Trinajstić information content (AvgIpc) is 2.93. The van der Waals surface area contributed by atoms with Gasteiger partial charge in [-0.05, 0) is 61.7 Å². The second kappa shape index (κ2) is 5.83. The number of benzene rings is 2. The van der Waals surface area contributed by atoms with Crippen LogP contribution in [0.1, 0.15) is 24.2 Å². The Morgan fingerprint density at radius 3 is 2.54 bits per heavy atom. The first kappa shape index (κ1) is 15.5. The second-order valence-corrected chi connectivity index (χ2v) is 8.10. The molecule has 2 aromatic carbocycles. The number of aryl methyl sites for hydroxylation is 2. The van der Waals surface area contributed by atoms with Crippen molar-refractivity contribution in [1.29, 1.82) is 0 Å². The number of rotatable bonds is 3. The van der Waals surface area contributed by atoms with Crippen molar-refractivity contribution in [2.24, 2.45) is 0 Å². The van der Waals surface area contributed by atoms with Gasteiger partial charge in [0.2, 0.25) is 0 Å². The predicted octanol–water partition coefficient (Wildman–Crippen LogP) is 4.77. The first-order valence-electron chi connectivity index (χ1n) is 7.86. The first-order valence-corrected chi connectivity index (χ1v) is 9.72. The van der Waals surface area contributed by atoms with E-state index in [-0.39, 0.29) is 4.90 Å². The summed E-state index contributed by atoms with van der Waals surface area (Å²) in [5.74, 6) is 1.04. The lowest BCUT2D eigenvalue weighted by Gasteiger charge is -2.10. The molecule has 0 fully saturated rings. The molecular formula is C18H16ClNO3S. The zero-order chi connectivity index (χ0) is 16.7. The second-order valence-electron chi connectivity index (χ2n) is 5.98. The van der Waals surface area contributed by atoms with Crippen molar-refractivity contribution in [3.8, 4) is 0 Å². The van der Waals surface area contributed by atoms with Crippen LogP contribution in [-0.2, 0) is 22.9 Å². The van der Waals surface area contributed by atoms with Gasteiger partial charge in [0.05, 0.1) is 4.90 Å². The molecule has 3 aromatic rings. The third kappa shape index (κ3) is 2.78. The van der Waals surface area contributed by atoms with Gasteiger partial charge in [-0.3, -0.25) is 4.72 Å². The molecule has 4 nitrogen and oxygen atoms in total. The van der Waals surface area contributed by atoms with E-state index in [0.29, 0.717) is 10.7 Å². The molecule has 124 valence electrons. The molecule has 0 aliphatic heterocycles. The molecule has 1 aromatic heterocycles. The summed E-state index contributed by atoms with van der Waals surface area (Å²) in [5.41, 5.74) is 2.56. The van der Waals surface area contributed by atoms with Crippen molar-refractivity contribution in [2.75, 3.05) is 4.72 Å². The van der Waals surface area contributed by atoms with E-state index in [1.807, 2.05) is 12.1 Å². The summed E-state index contributed by atoms with van der Waals surface area (Å²) >= 11 is 5.82. The topological polar surface area (TPSA) is 59.3 Å². The lowest BCUT2D eigenvalue weighted by atomic mass is 9.96. The Morgan fingerprint density at radius 2 is 1.75 bits per heavy atom. The van der Waals surface area contributed by atoms with Gasteiger partial charge in [-0.25, -0.2) is 8.42 Å². The summed E-state index contributed by atoms with van der Waals surface area (Å²) < 4.78 is 33.5. The number of anilines is 1. The van der Waals surface area contributed by atoms with Crippen LogP contribution in [0.3, 0.4) is 0 Å². The van der Waals surface area contributed by atoms with Crippen LogP contribution in [0.5, 0.6) is 0 Å². The normalized spacial score (nSPS) is 14.5. The van der Waals surface area contributed by atoms with Crippen molar-refractivity contribution in [3.05, 3.63) is 58.8 Å². The van der Waals surface area contributed by atoms with Crippen LogP contribution in [0.4, 0.5) is 5.69 Å². The van der Waals surface area contributed by atoms with Gasteiger partial charge in [0.25, 0.3) is 10.0 Å². The van der Waals surface area contributed by atoms with Gasteiger partial charge in [-0.2, -0.15) is 0 Å². The van der Waals surface area contributed by atoms with Gasteiger partial charge in [0, 0.05) is 28.1 Å². The maximum atomic E-state index is 12.5. The van der Waals surface area contributed by atoms with Crippen LogP contribution in [-0.4, -0.2) is 8.42 Å². The summed E-state index contributed by atoms with van der Waals surface area (Å²) in [7, 11) is -3.64. The molecule has 0 radical (unpaired) electrons. The molecule has 0 amide bonds. The molecule has 0 spiro atoms. The standard InChI is InChI=1S/C18H16ClNO3S/c19-12-5-8-14(9-6-12)24(21,22)20-13-7-10-18-16(11-13)15-3-1-2-4-17(15)23-18/h5-11,20H,1-4H2. The first-order chi connectivity index (χ1) is 11.5. The van der Waals surface area contributed by atoms with Gasteiger partial charge >= 0.3 is 0 Å². The van der Waals surface area contributed by atoms with Gasteiger partial charge in [-0.1, -0.05) is 11.6 Å². The van der Waals surface area contributed by atoms with E-state index in [1.165, 1.54) is 17.7 Å².